The van der Waals surface area contributed by atoms with Crippen LogP contribution in [0.4, 0.5) is 9.59 Å². The molecule has 2 aliphatic rings. The van der Waals surface area contributed by atoms with E-state index in [0.29, 0.717) is 13.1 Å². The molecule has 2 saturated heterocycles. The zero-order chi connectivity index (χ0) is 25.9. The Hall–Kier alpha value is -2.37. The third kappa shape index (κ3) is 8.82. The second-order valence-corrected chi connectivity index (χ2v) is 11.9. The van der Waals surface area contributed by atoms with Crippen molar-refractivity contribution in [2.45, 2.75) is 63.8 Å². The smallest absolute Gasteiger partial charge is 0.410 e. The van der Waals surface area contributed by atoms with Crippen LogP contribution in [0.15, 0.2) is 37.3 Å². The highest BCUT2D eigenvalue weighted by Crippen LogP contribution is 2.25. The first-order valence-corrected chi connectivity index (χ1v) is 12.0. The molecular formula is C22H38N4O6S. The van der Waals surface area contributed by atoms with Gasteiger partial charge in [-0.15, -0.1) is 13.2 Å². The largest absolute Gasteiger partial charge is 0.444 e. The van der Waals surface area contributed by atoms with Crippen LogP contribution in [0.25, 0.3) is 0 Å². The van der Waals surface area contributed by atoms with Crippen LogP contribution in [0.1, 0.15) is 41.5 Å². The molecule has 3 N–H and O–H groups in total. The van der Waals surface area contributed by atoms with E-state index in [2.05, 4.69) is 24.5 Å². The molecule has 0 aromatic heterocycles. The number of nitrogens with zero attached hydrogens (tertiary/aromatic N) is 2. The molecule has 0 aromatic carbocycles. The molecule has 0 spiro atoms. The summed E-state index contributed by atoms with van der Waals surface area (Å²) in [5.41, 5.74) is 3.54. The monoisotopic (exact) mass is 486 g/mol. The molecule has 188 valence electrons. The van der Waals surface area contributed by atoms with Crippen LogP contribution in [0, 0.1) is 0 Å². The van der Waals surface area contributed by atoms with E-state index in [9.17, 15) is 18.0 Å². The van der Waals surface area contributed by atoms with Crippen LogP contribution in [-0.2, 0) is 19.5 Å². The zero-order valence-electron chi connectivity index (χ0n) is 20.5. The van der Waals surface area contributed by atoms with Crippen molar-refractivity contribution in [1.82, 2.24) is 14.5 Å². The quantitative estimate of drug-likeness (QED) is 0.570. The lowest BCUT2D eigenvalue weighted by atomic mass is 9.92. The molecule has 0 aliphatic carbocycles. The molecule has 2 fully saturated rings. The van der Waals surface area contributed by atoms with Gasteiger partial charge in [-0.2, -0.15) is 4.72 Å². The van der Waals surface area contributed by atoms with Crippen molar-refractivity contribution in [3.8, 4) is 0 Å². The fourth-order valence-electron chi connectivity index (χ4n) is 2.90. The summed E-state index contributed by atoms with van der Waals surface area (Å²) in [6.45, 7) is 22.6. The van der Waals surface area contributed by atoms with E-state index in [1.165, 1.54) is 11.0 Å². The molecule has 33 heavy (non-hydrogen) atoms. The fraction of sp³-hybridized carbons (Fsp3) is 0.636. The number of amides is 2. The molecule has 2 rings (SSSR count). The Kier molecular flexibility index (Phi) is 8.56. The van der Waals surface area contributed by atoms with Gasteiger partial charge in [-0.05, 0) is 41.5 Å². The summed E-state index contributed by atoms with van der Waals surface area (Å²) in [4.78, 5) is 26.2. The van der Waals surface area contributed by atoms with Crippen LogP contribution >= 0.6 is 0 Å². The standard InChI is InChI=1S/C12H20N2O4S.C10H18N2O2/c1-6-12(13-19(16,17)7-2)8-14(9-12)10(15)18-11(3,4)5;1-5-10(11)6-12(7-10)8(13)14-9(2,3)4/h6-7,13H,1-2,8-9H2,3-5H3;5H,1,6-7,11H2,2-4H3. The van der Waals surface area contributed by atoms with Crippen LogP contribution in [0.3, 0.4) is 0 Å². The molecule has 0 aromatic rings. The zero-order valence-corrected chi connectivity index (χ0v) is 21.3. The maximum Gasteiger partial charge on any atom is 0.410 e. The molecule has 0 atom stereocenters. The summed E-state index contributed by atoms with van der Waals surface area (Å²) in [6, 6.07) is 0. The van der Waals surface area contributed by atoms with Crippen molar-refractivity contribution in [2.75, 3.05) is 26.2 Å². The Labute approximate surface area is 197 Å². The van der Waals surface area contributed by atoms with Gasteiger partial charge >= 0.3 is 12.2 Å². The number of carbonyl (C=O) groups is 2. The molecule has 10 nitrogen and oxygen atoms in total. The minimum Gasteiger partial charge on any atom is -0.444 e. The summed E-state index contributed by atoms with van der Waals surface area (Å²) in [7, 11) is -3.57. The van der Waals surface area contributed by atoms with Gasteiger partial charge in [-0.25, -0.2) is 18.0 Å². The van der Waals surface area contributed by atoms with Gasteiger partial charge in [0.25, 0.3) is 0 Å². The van der Waals surface area contributed by atoms with Gasteiger partial charge in [0.15, 0.2) is 0 Å². The van der Waals surface area contributed by atoms with E-state index in [1.54, 1.807) is 31.7 Å². The SMILES string of the molecule is C=CC1(N)CN(C(=O)OC(C)(C)C)C1.C=CC1(NS(=O)(=O)C=C)CN(C(=O)OC(C)(C)C)C1. The minimum atomic E-state index is -3.57. The number of carbonyl (C=O) groups excluding carboxylic acids is 2. The topological polar surface area (TPSA) is 131 Å². The molecule has 2 aliphatic heterocycles. The molecule has 0 radical (unpaired) electrons. The lowest BCUT2D eigenvalue weighted by Gasteiger charge is -2.47. The average molecular weight is 487 g/mol. The number of sulfonamides is 1. The first-order valence-electron chi connectivity index (χ1n) is 10.5. The minimum absolute atomic E-state index is 0.193. The van der Waals surface area contributed by atoms with Crippen molar-refractivity contribution >= 4 is 22.2 Å². The highest BCUT2D eigenvalue weighted by atomic mass is 32.2. The second kappa shape index (κ2) is 9.86. The van der Waals surface area contributed by atoms with E-state index in [1.807, 2.05) is 20.8 Å². The van der Waals surface area contributed by atoms with Gasteiger partial charge in [0.1, 0.15) is 11.2 Å². The molecule has 0 bridgehead atoms. The van der Waals surface area contributed by atoms with E-state index < -0.39 is 38.4 Å². The first-order chi connectivity index (χ1) is 14.8. The van der Waals surface area contributed by atoms with Crippen LogP contribution in [0.5, 0.6) is 0 Å². The van der Waals surface area contributed by atoms with Crippen LogP contribution in [-0.4, -0.2) is 78.9 Å². The van der Waals surface area contributed by atoms with Gasteiger partial charge in [0.05, 0.1) is 11.1 Å². The summed E-state index contributed by atoms with van der Waals surface area (Å²) < 4.78 is 35.7. The number of nitrogens with two attached hydrogens (primary N) is 1. The number of likely N-dealkylation sites (tertiary alicyclic amines) is 2. The Morgan fingerprint density at radius 1 is 0.879 bits per heavy atom. The number of hydrogen-bond acceptors (Lipinski definition) is 7. The Bertz CT molecular complexity index is 874. The maximum absolute atomic E-state index is 11.8. The fourth-order valence-corrected chi connectivity index (χ4v) is 3.76. The van der Waals surface area contributed by atoms with Crippen molar-refractivity contribution in [2.24, 2.45) is 5.73 Å². The predicted octanol–water partition coefficient (Wildman–Crippen LogP) is 2.35. The summed E-state index contributed by atoms with van der Waals surface area (Å²) in [6.07, 6.45) is 2.38. The molecule has 0 unspecified atom stereocenters. The summed E-state index contributed by atoms with van der Waals surface area (Å²) >= 11 is 0. The third-order valence-corrected chi connectivity index (χ3v) is 5.71. The van der Waals surface area contributed by atoms with Gasteiger partial charge in [0, 0.05) is 31.6 Å². The number of hydrogen-bond donors (Lipinski definition) is 2. The average Bonchev–Trinajstić information content (AvgIpc) is 2.59. The number of nitrogens with one attached hydrogen (secondary N) is 1. The molecular weight excluding hydrogens is 448 g/mol. The predicted molar refractivity (Wildman–Crippen MR) is 128 cm³/mol. The van der Waals surface area contributed by atoms with Crippen molar-refractivity contribution < 1.29 is 27.5 Å². The lowest BCUT2D eigenvalue weighted by molar-refractivity contribution is -0.00273. The Balaban J connectivity index is 0.000000346. The van der Waals surface area contributed by atoms with E-state index in [-0.39, 0.29) is 19.2 Å². The lowest BCUT2D eigenvalue weighted by Crippen LogP contribution is -2.70. The van der Waals surface area contributed by atoms with E-state index >= 15 is 0 Å². The second-order valence-electron chi connectivity index (χ2n) is 10.3. The van der Waals surface area contributed by atoms with Gasteiger partial charge in [0.2, 0.25) is 10.0 Å². The Morgan fingerprint density at radius 2 is 1.27 bits per heavy atom. The highest BCUT2D eigenvalue weighted by molar-refractivity contribution is 7.92. The van der Waals surface area contributed by atoms with Gasteiger partial charge in [-0.3, -0.25) is 0 Å². The highest BCUT2D eigenvalue weighted by Gasteiger charge is 2.46. The van der Waals surface area contributed by atoms with E-state index in [0.717, 1.165) is 5.41 Å². The number of ether oxygens (including phenoxy) is 2. The van der Waals surface area contributed by atoms with E-state index in [4.69, 9.17) is 15.2 Å². The first kappa shape index (κ1) is 28.7. The van der Waals surface area contributed by atoms with Gasteiger partial charge < -0.3 is 25.0 Å². The Morgan fingerprint density at radius 3 is 1.58 bits per heavy atom. The molecule has 2 heterocycles. The summed E-state index contributed by atoms with van der Waals surface area (Å²) in [5, 5.41) is 0.828. The van der Waals surface area contributed by atoms with Crippen LogP contribution < -0.4 is 10.5 Å². The van der Waals surface area contributed by atoms with Crippen molar-refractivity contribution in [1.29, 1.82) is 0 Å². The molecule has 0 saturated carbocycles. The van der Waals surface area contributed by atoms with Crippen molar-refractivity contribution in [3.63, 3.8) is 0 Å². The maximum atomic E-state index is 11.8. The van der Waals surface area contributed by atoms with Crippen molar-refractivity contribution in [3.05, 3.63) is 37.3 Å². The van der Waals surface area contributed by atoms with Gasteiger partial charge in [-0.1, -0.05) is 18.7 Å². The third-order valence-electron chi connectivity index (χ3n) is 4.58. The molecule has 11 heteroatoms. The summed E-state index contributed by atoms with van der Waals surface area (Å²) in [5.74, 6) is 0. The normalized spacial score (nSPS) is 19.0. The van der Waals surface area contributed by atoms with Crippen LogP contribution in [0.2, 0.25) is 0 Å². The molecule has 2 amide bonds. The number of rotatable bonds is 5.